The van der Waals surface area contributed by atoms with Crippen molar-refractivity contribution in [1.29, 1.82) is 0 Å². The van der Waals surface area contributed by atoms with Gasteiger partial charge in [0.15, 0.2) is 0 Å². The molecule has 0 aliphatic carbocycles. The van der Waals surface area contributed by atoms with Gasteiger partial charge >= 0.3 is 0 Å². The zero-order valence-corrected chi connectivity index (χ0v) is 20.6. The Morgan fingerprint density at radius 2 is 1.94 bits per heavy atom. The Kier molecular flexibility index (Phi) is 6.62. The topological polar surface area (TPSA) is 102 Å². The van der Waals surface area contributed by atoms with Crippen LogP contribution >= 0.6 is 11.3 Å². The Hall–Kier alpha value is -3.89. The molecule has 0 aliphatic heterocycles. The van der Waals surface area contributed by atoms with Gasteiger partial charge in [0, 0.05) is 24.6 Å². The SMILES string of the molecule is CCOCCCn1c(NC(=O)c2ccc(-c3ccc(F)cc3)s2)nc2cc3[nH]c(=O)c(C)nc3cc21. The maximum atomic E-state index is 13.3. The van der Waals surface area contributed by atoms with Crippen LogP contribution in [0.1, 0.15) is 28.7 Å². The Morgan fingerprint density at radius 1 is 1.14 bits per heavy atom. The third kappa shape index (κ3) is 4.77. The van der Waals surface area contributed by atoms with Crippen LogP contribution in [0.15, 0.2) is 53.3 Å². The summed E-state index contributed by atoms with van der Waals surface area (Å²) in [5.41, 5.74) is 3.63. The Balaban J connectivity index is 1.48. The number of carbonyl (C=O) groups excluding carboxylic acids is 1. The number of rotatable bonds is 8. The second-order valence-corrected chi connectivity index (χ2v) is 9.36. The van der Waals surface area contributed by atoms with Crippen LogP contribution in [-0.4, -0.2) is 38.6 Å². The van der Waals surface area contributed by atoms with Gasteiger partial charge in [-0.1, -0.05) is 12.1 Å². The molecule has 0 fully saturated rings. The van der Waals surface area contributed by atoms with E-state index in [9.17, 15) is 14.0 Å². The fraction of sp³-hybridized carbons (Fsp3) is 0.231. The number of anilines is 1. The van der Waals surface area contributed by atoms with Crippen LogP contribution in [0, 0.1) is 12.7 Å². The fourth-order valence-corrected chi connectivity index (χ4v) is 4.89. The van der Waals surface area contributed by atoms with Crippen molar-refractivity contribution in [2.24, 2.45) is 0 Å². The van der Waals surface area contributed by atoms with Crippen LogP contribution in [0.25, 0.3) is 32.5 Å². The van der Waals surface area contributed by atoms with Crippen molar-refractivity contribution in [3.05, 3.63) is 75.3 Å². The van der Waals surface area contributed by atoms with E-state index in [1.54, 1.807) is 31.2 Å². The summed E-state index contributed by atoms with van der Waals surface area (Å²) >= 11 is 1.32. The van der Waals surface area contributed by atoms with Crippen molar-refractivity contribution in [1.82, 2.24) is 19.5 Å². The number of aromatic nitrogens is 4. The van der Waals surface area contributed by atoms with Gasteiger partial charge in [-0.25, -0.2) is 14.4 Å². The molecule has 36 heavy (non-hydrogen) atoms. The number of aromatic amines is 1. The van der Waals surface area contributed by atoms with Crippen LogP contribution in [0.4, 0.5) is 10.3 Å². The standard InChI is InChI=1S/C26H24FN5O3S/c1-3-35-12-4-11-32-21-14-19-18(29-24(33)15(2)28-19)13-20(21)30-26(32)31-25(34)23-10-9-22(36-23)16-5-7-17(27)8-6-16/h5-10,13-14H,3-4,11-12H2,1-2H3,(H,29,33)(H,30,31,34). The van der Waals surface area contributed by atoms with Crippen molar-refractivity contribution >= 4 is 45.3 Å². The van der Waals surface area contributed by atoms with Crippen molar-refractivity contribution in [3.63, 3.8) is 0 Å². The first-order valence-corrected chi connectivity index (χ1v) is 12.4. The fourth-order valence-electron chi connectivity index (χ4n) is 3.98. The van der Waals surface area contributed by atoms with E-state index in [1.807, 2.05) is 23.6 Å². The number of thiophene rings is 1. The van der Waals surface area contributed by atoms with Gasteiger partial charge in [0.25, 0.3) is 11.5 Å². The molecule has 8 nitrogen and oxygen atoms in total. The van der Waals surface area contributed by atoms with Crippen molar-refractivity contribution in [2.45, 2.75) is 26.8 Å². The number of hydrogen-bond donors (Lipinski definition) is 2. The highest BCUT2D eigenvalue weighted by molar-refractivity contribution is 7.17. The molecule has 1 amide bonds. The highest BCUT2D eigenvalue weighted by Gasteiger charge is 2.18. The summed E-state index contributed by atoms with van der Waals surface area (Å²) in [7, 11) is 0. The number of carbonyl (C=O) groups is 1. The first-order valence-electron chi connectivity index (χ1n) is 11.6. The molecule has 2 N–H and O–H groups in total. The summed E-state index contributed by atoms with van der Waals surface area (Å²) in [5, 5.41) is 2.94. The zero-order valence-electron chi connectivity index (χ0n) is 19.8. The summed E-state index contributed by atoms with van der Waals surface area (Å²) in [6.45, 7) is 5.39. The predicted octanol–water partition coefficient (Wildman–Crippen LogP) is 5.13. The molecule has 2 aromatic carbocycles. The van der Waals surface area contributed by atoms with Crippen LogP contribution in [0.5, 0.6) is 0 Å². The molecule has 0 spiro atoms. The molecule has 3 heterocycles. The van der Waals surface area contributed by atoms with E-state index in [1.165, 1.54) is 23.5 Å². The lowest BCUT2D eigenvalue weighted by molar-refractivity contribution is 0.102. The molecule has 5 aromatic rings. The van der Waals surface area contributed by atoms with Crippen LogP contribution in [0.3, 0.4) is 0 Å². The molecule has 0 unspecified atom stereocenters. The molecule has 0 radical (unpaired) electrons. The quantitative estimate of drug-likeness (QED) is 0.285. The lowest BCUT2D eigenvalue weighted by Gasteiger charge is -2.10. The minimum atomic E-state index is -0.307. The van der Waals surface area contributed by atoms with Gasteiger partial charge in [0.1, 0.15) is 11.5 Å². The largest absolute Gasteiger partial charge is 0.382 e. The number of halogens is 1. The molecule has 0 bridgehead atoms. The second kappa shape index (κ2) is 10.00. The van der Waals surface area contributed by atoms with E-state index in [0.29, 0.717) is 52.8 Å². The maximum Gasteiger partial charge on any atom is 0.269 e. The third-order valence-corrected chi connectivity index (χ3v) is 6.92. The third-order valence-electron chi connectivity index (χ3n) is 5.79. The average Bonchev–Trinajstić information content (AvgIpc) is 3.47. The first-order chi connectivity index (χ1) is 17.4. The van der Waals surface area contributed by atoms with E-state index < -0.39 is 0 Å². The molecular formula is C26H24FN5O3S. The number of ether oxygens (including phenoxy) is 1. The van der Waals surface area contributed by atoms with Gasteiger partial charge < -0.3 is 14.3 Å². The van der Waals surface area contributed by atoms with Crippen molar-refractivity contribution in [3.8, 4) is 10.4 Å². The van der Waals surface area contributed by atoms with Crippen molar-refractivity contribution < 1.29 is 13.9 Å². The second-order valence-electron chi connectivity index (χ2n) is 8.27. The number of imidazole rings is 1. The van der Waals surface area contributed by atoms with E-state index >= 15 is 0 Å². The molecule has 3 aromatic heterocycles. The number of nitrogens with one attached hydrogen (secondary N) is 2. The number of H-pyrrole nitrogens is 1. The molecule has 184 valence electrons. The lowest BCUT2D eigenvalue weighted by Crippen LogP contribution is -2.15. The highest BCUT2D eigenvalue weighted by atomic mass is 32.1. The Bertz CT molecular complexity index is 1620. The van der Waals surface area contributed by atoms with Crippen molar-refractivity contribution in [2.75, 3.05) is 18.5 Å². The lowest BCUT2D eigenvalue weighted by atomic mass is 10.2. The summed E-state index contributed by atoms with van der Waals surface area (Å²) in [6.07, 6.45) is 0.728. The zero-order chi connectivity index (χ0) is 25.2. The summed E-state index contributed by atoms with van der Waals surface area (Å²) in [5.74, 6) is -0.196. The number of amides is 1. The summed E-state index contributed by atoms with van der Waals surface area (Å²) < 4.78 is 20.7. The number of fused-ring (bicyclic) bond motifs is 2. The first kappa shape index (κ1) is 23.8. The van der Waals surface area contributed by atoms with Crippen LogP contribution in [0.2, 0.25) is 0 Å². The van der Waals surface area contributed by atoms with E-state index in [2.05, 4.69) is 20.3 Å². The molecule has 0 atom stereocenters. The number of aryl methyl sites for hydroxylation is 2. The predicted molar refractivity (Wildman–Crippen MR) is 139 cm³/mol. The molecule has 5 rings (SSSR count). The molecule has 10 heteroatoms. The Labute approximate surface area is 209 Å². The number of benzene rings is 2. The van der Waals surface area contributed by atoms with Gasteiger partial charge in [0.2, 0.25) is 5.95 Å². The Morgan fingerprint density at radius 3 is 2.72 bits per heavy atom. The number of hydrogen-bond acceptors (Lipinski definition) is 6. The molecule has 0 aliphatic rings. The van der Waals surface area contributed by atoms with E-state index in [4.69, 9.17) is 4.74 Å². The minimum absolute atomic E-state index is 0.249. The van der Waals surface area contributed by atoms with Gasteiger partial charge in [0.05, 0.1) is 26.9 Å². The van der Waals surface area contributed by atoms with E-state index in [-0.39, 0.29) is 17.3 Å². The average molecular weight is 506 g/mol. The molecule has 0 saturated carbocycles. The monoisotopic (exact) mass is 505 g/mol. The summed E-state index contributed by atoms with van der Waals surface area (Å²) in [4.78, 5) is 38.4. The van der Waals surface area contributed by atoms with E-state index in [0.717, 1.165) is 22.4 Å². The highest BCUT2D eigenvalue weighted by Crippen LogP contribution is 2.30. The molecular weight excluding hydrogens is 481 g/mol. The van der Waals surface area contributed by atoms with Gasteiger partial charge in [-0.3, -0.25) is 14.9 Å². The van der Waals surface area contributed by atoms with Gasteiger partial charge in [-0.2, -0.15) is 0 Å². The normalized spacial score (nSPS) is 11.4. The van der Waals surface area contributed by atoms with Gasteiger partial charge in [-0.15, -0.1) is 11.3 Å². The maximum absolute atomic E-state index is 13.3. The van der Waals surface area contributed by atoms with Crippen LogP contribution < -0.4 is 10.9 Å². The van der Waals surface area contributed by atoms with Crippen LogP contribution in [-0.2, 0) is 11.3 Å². The molecule has 0 saturated heterocycles. The minimum Gasteiger partial charge on any atom is -0.382 e. The smallest absolute Gasteiger partial charge is 0.269 e. The number of nitrogens with zero attached hydrogens (tertiary/aromatic N) is 3. The van der Waals surface area contributed by atoms with Gasteiger partial charge in [-0.05, 0) is 62.2 Å². The summed E-state index contributed by atoms with van der Waals surface area (Å²) in [6, 6.07) is 13.4.